The molecule has 0 bridgehead atoms. The lowest BCUT2D eigenvalue weighted by Crippen LogP contribution is -2.48. The van der Waals surface area contributed by atoms with Crippen molar-refractivity contribution in [3.05, 3.63) is 33.9 Å². The van der Waals surface area contributed by atoms with Crippen LogP contribution in [-0.4, -0.2) is 61.2 Å². The minimum atomic E-state index is -3.27. The van der Waals surface area contributed by atoms with Gasteiger partial charge in [0.2, 0.25) is 10.0 Å². The van der Waals surface area contributed by atoms with Crippen molar-refractivity contribution >= 4 is 27.4 Å². The first kappa shape index (κ1) is 16.2. The predicted octanol–water partition coefficient (Wildman–Crippen LogP) is 0.375. The Labute approximate surface area is 127 Å². The zero-order valence-electron chi connectivity index (χ0n) is 11.8. The number of sulfonamides is 1. The summed E-state index contributed by atoms with van der Waals surface area (Å²) >= 11 is 0. The molecule has 0 radical (unpaired) electrons. The number of hydrogen-bond donors (Lipinski definition) is 1. The second-order valence-electron chi connectivity index (χ2n) is 4.91. The fourth-order valence-electron chi connectivity index (χ4n) is 2.35. The van der Waals surface area contributed by atoms with Crippen molar-refractivity contribution in [1.82, 2.24) is 4.31 Å². The number of benzene rings is 1. The Bertz CT molecular complexity index is 710. The van der Waals surface area contributed by atoms with Crippen molar-refractivity contribution in [2.75, 3.05) is 37.3 Å². The molecule has 22 heavy (non-hydrogen) atoms. The molecule has 1 aromatic carbocycles. The number of carboxylic acids is 1. The number of carbonyl (C=O) groups is 1. The molecule has 9 nitrogen and oxygen atoms in total. The molecule has 1 heterocycles. The summed E-state index contributed by atoms with van der Waals surface area (Å²) in [4.78, 5) is 23.1. The van der Waals surface area contributed by atoms with E-state index >= 15 is 0 Å². The number of rotatable bonds is 4. The molecule has 1 N–H and O–H groups in total. The molecule has 2 rings (SSSR count). The largest absolute Gasteiger partial charge is 0.478 e. The van der Waals surface area contributed by atoms with Gasteiger partial charge >= 0.3 is 5.97 Å². The van der Waals surface area contributed by atoms with Crippen LogP contribution in [0.1, 0.15) is 10.4 Å². The van der Waals surface area contributed by atoms with Crippen LogP contribution in [-0.2, 0) is 10.0 Å². The van der Waals surface area contributed by atoms with E-state index in [9.17, 15) is 28.4 Å². The Morgan fingerprint density at radius 2 is 1.86 bits per heavy atom. The van der Waals surface area contributed by atoms with Crippen LogP contribution in [0.5, 0.6) is 0 Å². The molecule has 1 aliphatic rings. The topological polar surface area (TPSA) is 121 Å². The summed E-state index contributed by atoms with van der Waals surface area (Å²) in [5.74, 6) is -1.26. The number of carboxylic acid groups (broad SMARTS) is 1. The normalized spacial score (nSPS) is 16.5. The summed E-state index contributed by atoms with van der Waals surface area (Å²) in [5, 5.41) is 20.0. The van der Waals surface area contributed by atoms with E-state index in [0.29, 0.717) is 18.8 Å². The number of piperazine rings is 1. The average molecular weight is 329 g/mol. The molecule has 0 aliphatic carbocycles. The van der Waals surface area contributed by atoms with Crippen LogP contribution in [0, 0.1) is 10.1 Å². The maximum absolute atomic E-state index is 11.5. The number of nitrogens with zero attached hydrogens (tertiary/aromatic N) is 3. The summed E-state index contributed by atoms with van der Waals surface area (Å²) in [5.41, 5.74) is -0.107. The van der Waals surface area contributed by atoms with Crippen LogP contribution in [0.2, 0.25) is 0 Å². The fraction of sp³-hybridized carbons (Fsp3) is 0.417. The predicted molar refractivity (Wildman–Crippen MR) is 78.7 cm³/mol. The lowest BCUT2D eigenvalue weighted by Gasteiger charge is -2.35. The molecule has 0 atom stereocenters. The van der Waals surface area contributed by atoms with Gasteiger partial charge in [-0.05, 0) is 6.07 Å². The third-order valence-electron chi connectivity index (χ3n) is 3.47. The summed E-state index contributed by atoms with van der Waals surface area (Å²) in [6, 6.07) is 3.64. The van der Waals surface area contributed by atoms with Gasteiger partial charge < -0.3 is 10.0 Å². The first-order valence-corrected chi connectivity index (χ1v) is 8.27. The maximum Gasteiger partial charge on any atom is 0.338 e. The van der Waals surface area contributed by atoms with Crippen molar-refractivity contribution < 1.29 is 23.2 Å². The zero-order valence-corrected chi connectivity index (χ0v) is 12.6. The summed E-state index contributed by atoms with van der Waals surface area (Å²) in [7, 11) is -3.27. The summed E-state index contributed by atoms with van der Waals surface area (Å²) in [6.07, 6.45) is 1.12. The molecule has 1 aromatic rings. The Morgan fingerprint density at radius 3 is 2.32 bits per heavy atom. The quantitative estimate of drug-likeness (QED) is 0.626. The number of nitro groups is 1. The smallest absolute Gasteiger partial charge is 0.338 e. The van der Waals surface area contributed by atoms with Crippen molar-refractivity contribution in [2.24, 2.45) is 0 Å². The molecule has 0 amide bonds. The van der Waals surface area contributed by atoms with E-state index in [-0.39, 0.29) is 24.3 Å². The second-order valence-corrected chi connectivity index (χ2v) is 6.90. The summed E-state index contributed by atoms with van der Waals surface area (Å²) in [6.45, 7) is 1.14. The number of non-ortho nitro benzene ring substituents is 1. The monoisotopic (exact) mass is 329 g/mol. The average Bonchev–Trinajstić information content (AvgIpc) is 2.45. The van der Waals surface area contributed by atoms with Gasteiger partial charge in [0.1, 0.15) is 0 Å². The van der Waals surface area contributed by atoms with Crippen molar-refractivity contribution in [3.8, 4) is 0 Å². The van der Waals surface area contributed by atoms with Crippen molar-refractivity contribution in [3.63, 3.8) is 0 Å². The molecular weight excluding hydrogens is 314 g/mol. The molecule has 1 aliphatic heterocycles. The van der Waals surface area contributed by atoms with Gasteiger partial charge in [-0.3, -0.25) is 10.1 Å². The van der Waals surface area contributed by atoms with Gasteiger partial charge in [0.25, 0.3) is 5.69 Å². The first-order valence-electron chi connectivity index (χ1n) is 6.42. The number of hydrogen-bond acceptors (Lipinski definition) is 6. The lowest BCUT2D eigenvalue weighted by molar-refractivity contribution is -0.384. The minimum absolute atomic E-state index is 0.165. The standard InChI is InChI=1S/C12H15N3O6S/c1-22(20,21)14-6-4-13(5-7-14)11-3-2-9(15(18)19)8-10(11)12(16)17/h2-3,8H,4-7H2,1H3,(H,16,17). The van der Waals surface area contributed by atoms with E-state index in [2.05, 4.69) is 0 Å². The highest BCUT2D eigenvalue weighted by atomic mass is 32.2. The molecule has 0 unspecified atom stereocenters. The van der Waals surface area contributed by atoms with Crippen molar-refractivity contribution in [1.29, 1.82) is 0 Å². The Kier molecular flexibility index (Phi) is 4.33. The van der Waals surface area contributed by atoms with Crippen molar-refractivity contribution in [2.45, 2.75) is 0 Å². The van der Waals surface area contributed by atoms with E-state index in [4.69, 9.17) is 0 Å². The van der Waals surface area contributed by atoms with Gasteiger partial charge in [-0.2, -0.15) is 4.31 Å². The van der Waals surface area contributed by atoms with E-state index in [0.717, 1.165) is 12.3 Å². The molecule has 0 spiro atoms. The first-order chi connectivity index (χ1) is 10.2. The molecule has 10 heteroatoms. The highest BCUT2D eigenvalue weighted by Crippen LogP contribution is 2.26. The Hall–Kier alpha value is -2.20. The van der Waals surface area contributed by atoms with Crippen LogP contribution in [0.3, 0.4) is 0 Å². The van der Waals surface area contributed by atoms with Crippen LogP contribution < -0.4 is 4.90 Å². The highest BCUT2D eigenvalue weighted by Gasteiger charge is 2.26. The van der Waals surface area contributed by atoms with Crippen LogP contribution in [0.4, 0.5) is 11.4 Å². The number of aromatic carboxylic acids is 1. The fourth-order valence-corrected chi connectivity index (χ4v) is 3.17. The van der Waals surface area contributed by atoms with Gasteiger partial charge in [0.15, 0.2) is 0 Å². The second kappa shape index (κ2) is 5.89. The minimum Gasteiger partial charge on any atom is -0.478 e. The highest BCUT2D eigenvalue weighted by molar-refractivity contribution is 7.88. The van der Waals surface area contributed by atoms with E-state index in [1.807, 2.05) is 0 Å². The van der Waals surface area contributed by atoms with Gasteiger partial charge in [0, 0.05) is 38.3 Å². The van der Waals surface area contributed by atoms with Gasteiger partial charge in [-0.1, -0.05) is 0 Å². The summed E-state index contributed by atoms with van der Waals surface area (Å²) < 4.78 is 24.2. The lowest BCUT2D eigenvalue weighted by atomic mass is 10.1. The SMILES string of the molecule is CS(=O)(=O)N1CCN(c2ccc([N+](=O)[O-])cc2C(=O)O)CC1. The van der Waals surface area contributed by atoms with E-state index in [1.54, 1.807) is 4.90 Å². The third-order valence-corrected chi connectivity index (χ3v) is 4.77. The Morgan fingerprint density at radius 1 is 1.27 bits per heavy atom. The van der Waals surface area contributed by atoms with Gasteiger partial charge in [-0.25, -0.2) is 13.2 Å². The van der Waals surface area contributed by atoms with Crippen LogP contribution in [0.25, 0.3) is 0 Å². The third kappa shape index (κ3) is 3.34. The zero-order chi connectivity index (χ0) is 16.5. The molecule has 120 valence electrons. The maximum atomic E-state index is 11.5. The molecule has 0 saturated carbocycles. The van der Waals surface area contributed by atoms with Crippen LogP contribution >= 0.6 is 0 Å². The van der Waals surface area contributed by atoms with E-state index in [1.165, 1.54) is 16.4 Å². The van der Waals surface area contributed by atoms with Gasteiger partial charge in [-0.15, -0.1) is 0 Å². The van der Waals surface area contributed by atoms with Crippen LogP contribution in [0.15, 0.2) is 18.2 Å². The van der Waals surface area contributed by atoms with Gasteiger partial charge in [0.05, 0.1) is 22.4 Å². The Balaban J connectivity index is 2.27. The van der Waals surface area contributed by atoms with E-state index < -0.39 is 20.9 Å². The molecule has 0 aromatic heterocycles. The number of nitro benzene ring substituents is 1. The molecule has 1 saturated heterocycles. The number of anilines is 1. The molecule has 1 fully saturated rings. The molecular formula is C12H15N3O6S.